The van der Waals surface area contributed by atoms with E-state index in [1.807, 2.05) is 13.8 Å². The molecule has 1 amide bonds. The Morgan fingerprint density at radius 1 is 1.03 bits per heavy atom. The summed E-state index contributed by atoms with van der Waals surface area (Å²) >= 11 is 0. The maximum absolute atomic E-state index is 13.7. The molecule has 3 rings (SSSR count). The monoisotopic (exact) mass is 464 g/mol. The van der Waals surface area contributed by atoms with E-state index < -0.39 is 35.7 Å². The third kappa shape index (κ3) is 6.32. The topological polar surface area (TPSA) is 86.3 Å². The van der Waals surface area contributed by atoms with Gasteiger partial charge in [-0.3, -0.25) is 4.79 Å². The first-order valence-corrected chi connectivity index (χ1v) is 10.6. The van der Waals surface area contributed by atoms with Gasteiger partial charge in [0.2, 0.25) is 0 Å². The zero-order chi connectivity index (χ0) is 23.8. The Kier molecular flexibility index (Phi) is 8.42. The Morgan fingerprint density at radius 2 is 1.73 bits per heavy atom. The molecule has 0 aromatic heterocycles. The van der Waals surface area contributed by atoms with Gasteiger partial charge in [-0.15, -0.1) is 0 Å². The van der Waals surface area contributed by atoms with E-state index in [0.29, 0.717) is 62.8 Å². The van der Waals surface area contributed by atoms with Gasteiger partial charge in [0.05, 0.1) is 43.4 Å². The molecule has 1 N–H and O–H groups in total. The number of amides is 1. The van der Waals surface area contributed by atoms with E-state index in [1.165, 1.54) is 0 Å². The minimum atomic E-state index is -1.08. The van der Waals surface area contributed by atoms with Crippen molar-refractivity contribution in [3.63, 3.8) is 0 Å². The Labute approximate surface area is 190 Å². The van der Waals surface area contributed by atoms with Crippen molar-refractivity contribution in [2.45, 2.75) is 13.8 Å². The molecule has 1 fully saturated rings. The molecule has 178 valence electrons. The van der Waals surface area contributed by atoms with Gasteiger partial charge in [0.15, 0.2) is 6.61 Å². The van der Waals surface area contributed by atoms with E-state index >= 15 is 0 Å². The number of esters is 1. The highest BCUT2D eigenvalue weighted by Crippen LogP contribution is 2.39. The lowest BCUT2D eigenvalue weighted by Gasteiger charge is -2.31. The van der Waals surface area contributed by atoms with E-state index in [-0.39, 0.29) is 0 Å². The molecule has 2 aromatic carbocycles. The number of carbonyl (C=O) groups is 2. The number of carbonyl (C=O) groups excluding carboxylic acids is 2. The minimum absolute atomic E-state index is 0.339. The summed E-state index contributed by atoms with van der Waals surface area (Å²) in [5.74, 6) is -2.65. The fourth-order valence-electron chi connectivity index (χ4n) is 3.29. The minimum Gasteiger partial charge on any atom is -0.492 e. The van der Waals surface area contributed by atoms with Crippen molar-refractivity contribution in [1.82, 2.24) is 0 Å². The van der Waals surface area contributed by atoms with Crippen molar-refractivity contribution in [2.24, 2.45) is 0 Å². The van der Waals surface area contributed by atoms with Gasteiger partial charge in [-0.05, 0) is 26.0 Å². The number of ether oxygens (including phenoxy) is 4. The van der Waals surface area contributed by atoms with Crippen LogP contribution >= 0.6 is 0 Å². The van der Waals surface area contributed by atoms with Crippen molar-refractivity contribution in [1.29, 1.82) is 0 Å². The van der Waals surface area contributed by atoms with Crippen LogP contribution in [-0.2, 0) is 14.3 Å². The largest absolute Gasteiger partial charge is 0.492 e. The predicted octanol–water partition coefficient (Wildman–Crippen LogP) is 3.39. The first-order chi connectivity index (χ1) is 15.9. The standard InChI is InChI=1S/C23H26F2N2O6/c1-3-31-20-13-19(27-7-9-30-10-8-27)21(32-4-2)12-18(20)26-22(28)14-33-23(29)16-6-5-15(24)11-17(16)25/h5-6,11-13H,3-4,7-10,14H2,1-2H3,(H,26,28). The van der Waals surface area contributed by atoms with E-state index in [4.69, 9.17) is 18.9 Å². The number of nitrogens with one attached hydrogen (secondary N) is 1. The fraction of sp³-hybridized carbons (Fsp3) is 0.391. The SMILES string of the molecule is CCOc1cc(N2CCOCC2)c(OCC)cc1NC(=O)COC(=O)c1ccc(F)cc1F. The molecular formula is C23H26F2N2O6. The Hall–Kier alpha value is -3.40. The summed E-state index contributed by atoms with van der Waals surface area (Å²) in [7, 11) is 0. The summed E-state index contributed by atoms with van der Waals surface area (Å²) in [6.45, 7) is 6.33. The van der Waals surface area contributed by atoms with Gasteiger partial charge in [0, 0.05) is 31.3 Å². The first kappa shape index (κ1) is 24.2. The molecule has 1 heterocycles. The number of rotatable bonds is 9. The fourth-order valence-corrected chi connectivity index (χ4v) is 3.29. The first-order valence-electron chi connectivity index (χ1n) is 10.6. The van der Waals surface area contributed by atoms with Crippen LogP contribution in [0.5, 0.6) is 11.5 Å². The maximum atomic E-state index is 13.7. The lowest BCUT2D eigenvalue weighted by molar-refractivity contribution is -0.119. The van der Waals surface area contributed by atoms with Crippen molar-refractivity contribution in [3.05, 3.63) is 47.5 Å². The molecule has 0 saturated carbocycles. The van der Waals surface area contributed by atoms with Crippen LogP contribution in [0.4, 0.5) is 20.2 Å². The number of halogens is 2. The molecule has 1 saturated heterocycles. The lowest BCUT2D eigenvalue weighted by atomic mass is 10.2. The molecule has 0 radical (unpaired) electrons. The second kappa shape index (κ2) is 11.5. The quantitative estimate of drug-likeness (QED) is 0.570. The van der Waals surface area contributed by atoms with E-state index in [1.54, 1.807) is 12.1 Å². The van der Waals surface area contributed by atoms with Gasteiger partial charge in [-0.1, -0.05) is 0 Å². The van der Waals surface area contributed by atoms with Crippen LogP contribution in [0, 0.1) is 11.6 Å². The van der Waals surface area contributed by atoms with E-state index in [0.717, 1.165) is 17.8 Å². The molecule has 0 aliphatic carbocycles. The van der Waals surface area contributed by atoms with Gasteiger partial charge in [0.25, 0.3) is 5.91 Å². The molecule has 0 unspecified atom stereocenters. The number of morpholine rings is 1. The van der Waals surface area contributed by atoms with Crippen LogP contribution in [0.2, 0.25) is 0 Å². The highest BCUT2D eigenvalue weighted by atomic mass is 19.1. The smallest absolute Gasteiger partial charge is 0.341 e. The summed E-state index contributed by atoms with van der Waals surface area (Å²) in [4.78, 5) is 26.6. The van der Waals surface area contributed by atoms with Gasteiger partial charge < -0.3 is 29.2 Å². The number of benzene rings is 2. The molecule has 10 heteroatoms. The van der Waals surface area contributed by atoms with Gasteiger partial charge in [0.1, 0.15) is 23.1 Å². The van der Waals surface area contributed by atoms with Crippen LogP contribution in [0.15, 0.2) is 30.3 Å². The molecular weight excluding hydrogens is 438 g/mol. The molecule has 1 aliphatic heterocycles. The molecule has 1 aliphatic rings. The Bertz CT molecular complexity index is 995. The average molecular weight is 464 g/mol. The molecule has 0 atom stereocenters. The summed E-state index contributed by atoms with van der Waals surface area (Å²) in [6.07, 6.45) is 0. The third-order valence-electron chi connectivity index (χ3n) is 4.77. The van der Waals surface area contributed by atoms with Gasteiger partial charge >= 0.3 is 5.97 Å². The molecule has 0 bridgehead atoms. The summed E-state index contributed by atoms with van der Waals surface area (Å²) in [5.41, 5.74) is 0.693. The van der Waals surface area contributed by atoms with Gasteiger partial charge in [-0.2, -0.15) is 0 Å². The van der Waals surface area contributed by atoms with E-state index in [9.17, 15) is 18.4 Å². The number of hydrogen-bond acceptors (Lipinski definition) is 7. The summed E-state index contributed by atoms with van der Waals surface area (Å²) < 4.78 is 48.5. The van der Waals surface area contributed by atoms with Crippen LogP contribution in [0.1, 0.15) is 24.2 Å². The van der Waals surface area contributed by atoms with Crippen molar-refractivity contribution < 1.29 is 37.3 Å². The Morgan fingerprint density at radius 3 is 2.39 bits per heavy atom. The van der Waals surface area contributed by atoms with E-state index in [2.05, 4.69) is 10.2 Å². The summed E-state index contributed by atoms with van der Waals surface area (Å²) in [5, 5.41) is 2.64. The lowest BCUT2D eigenvalue weighted by Crippen LogP contribution is -2.36. The van der Waals surface area contributed by atoms with Crippen molar-refractivity contribution in [3.8, 4) is 11.5 Å². The second-order valence-corrected chi connectivity index (χ2v) is 7.03. The highest BCUT2D eigenvalue weighted by Gasteiger charge is 2.21. The molecule has 33 heavy (non-hydrogen) atoms. The maximum Gasteiger partial charge on any atom is 0.341 e. The average Bonchev–Trinajstić information content (AvgIpc) is 2.80. The van der Waals surface area contributed by atoms with Crippen molar-refractivity contribution in [2.75, 3.05) is 56.3 Å². The molecule has 0 spiro atoms. The van der Waals surface area contributed by atoms with Crippen LogP contribution in [0.25, 0.3) is 0 Å². The second-order valence-electron chi connectivity index (χ2n) is 7.03. The molecule has 8 nitrogen and oxygen atoms in total. The number of nitrogens with zero attached hydrogens (tertiary/aromatic N) is 1. The van der Waals surface area contributed by atoms with Crippen LogP contribution in [-0.4, -0.2) is 58.0 Å². The third-order valence-corrected chi connectivity index (χ3v) is 4.77. The van der Waals surface area contributed by atoms with Crippen LogP contribution < -0.4 is 19.7 Å². The normalized spacial score (nSPS) is 13.4. The summed E-state index contributed by atoms with van der Waals surface area (Å²) in [6, 6.07) is 5.89. The van der Waals surface area contributed by atoms with Crippen molar-refractivity contribution >= 4 is 23.3 Å². The van der Waals surface area contributed by atoms with Crippen LogP contribution in [0.3, 0.4) is 0 Å². The van der Waals surface area contributed by atoms with Gasteiger partial charge in [-0.25, -0.2) is 13.6 Å². The zero-order valence-corrected chi connectivity index (χ0v) is 18.5. The highest BCUT2D eigenvalue weighted by molar-refractivity contribution is 5.97. The number of hydrogen-bond donors (Lipinski definition) is 1. The Balaban J connectivity index is 1.74. The molecule has 2 aromatic rings. The zero-order valence-electron chi connectivity index (χ0n) is 18.5. The predicted molar refractivity (Wildman–Crippen MR) is 117 cm³/mol. The number of anilines is 2.